The van der Waals surface area contributed by atoms with Crippen molar-refractivity contribution in [1.82, 2.24) is 9.78 Å². The van der Waals surface area contributed by atoms with Gasteiger partial charge >= 0.3 is 0 Å². The molecule has 0 radical (unpaired) electrons. The topological polar surface area (TPSA) is 62.3 Å². The average Bonchev–Trinajstić information content (AvgIpc) is 2.79. The third-order valence-corrected chi connectivity index (χ3v) is 2.92. The number of rotatable bonds is 4. The fourth-order valence-electron chi connectivity index (χ4n) is 1.93. The molecule has 5 heteroatoms. The minimum atomic E-state index is -0.303. The van der Waals surface area contributed by atoms with Gasteiger partial charge in [-0.05, 0) is 17.7 Å². The lowest BCUT2D eigenvalue weighted by molar-refractivity contribution is 0.405. The Hall–Kier alpha value is -2.01. The summed E-state index contributed by atoms with van der Waals surface area (Å²) in [5.41, 5.74) is 8.06. The zero-order chi connectivity index (χ0) is 13.1. The minimum Gasteiger partial charge on any atom is -0.497 e. The summed E-state index contributed by atoms with van der Waals surface area (Å²) in [6.45, 7) is 0. The van der Waals surface area contributed by atoms with Gasteiger partial charge in [-0.25, -0.2) is 0 Å². The smallest absolute Gasteiger partial charge is 0.161 e. The Morgan fingerprint density at radius 3 is 2.72 bits per heavy atom. The molecule has 0 bridgehead atoms. The number of aryl methyl sites for hydroxylation is 1. The molecule has 1 aromatic carbocycles. The van der Waals surface area contributed by atoms with Crippen LogP contribution < -0.4 is 15.2 Å². The molecule has 96 valence electrons. The Balaban J connectivity index is 2.40. The highest BCUT2D eigenvalue weighted by molar-refractivity contribution is 5.39. The fraction of sp³-hybridized carbons (Fsp3) is 0.308. The molecular weight excluding hydrogens is 230 g/mol. The van der Waals surface area contributed by atoms with Crippen LogP contribution in [0.3, 0.4) is 0 Å². The van der Waals surface area contributed by atoms with Gasteiger partial charge < -0.3 is 15.2 Å². The van der Waals surface area contributed by atoms with E-state index in [9.17, 15) is 0 Å². The standard InChI is InChI=1S/C13H17N3O2/c1-16-13(11(18-3)8-15-16)12(14)9-5-4-6-10(7-9)17-2/h4-8,12H,14H2,1-3H3. The molecule has 0 spiro atoms. The second-order valence-electron chi connectivity index (χ2n) is 3.98. The molecular formula is C13H17N3O2. The molecule has 5 nitrogen and oxygen atoms in total. The van der Waals surface area contributed by atoms with Crippen LogP contribution in [0, 0.1) is 0 Å². The number of aromatic nitrogens is 2. The van der Waals surface area contributed by atoms with Crippen molar-refractivity contribution in [3.8, 4) is 11.5 Å². The number of ether oxygens (including phenoxy) is 2. The van der Waals surface area contributed by atoms with E-state index in [0.717, 1.165) is 17.0 Å². The van der Waals surface area contributed by atoms with Crippen molar-refractivity contribution in [3.05, 3.63) is 41.7 Å². The van der Waals surface area contributed by atoms with E-state index in [4.69, 9.17) is 15.2 Å². The number of benzene rings is 1. The van der Waals surface area contributed by atoms with Crippen LogP contribution in [0.2, 0.25) is 0 Å². The summed E-state index contributed by atoms with van der Waals surface area (Å²) in [6.07, 6.45) is 1.66. The van der Waals surface area contributed by atoms with E-state index in [1.165, 1.54) is 0 Å². The molecule has 18 heavy (non-hydrogen) atoms. The predicted molar refractivity (Wildman–Crippen MR) is 68.8 cm³/mol. The fourth-order valence-corrected chi connectivity index (χ4v) is 1.93. The highest BCUT2D eigenvalue weighted by atomic mass is 16.5. The molecule has 0 aliphatic rings. The highest BCUT2D eigenvalue weighted by Gasteiger charge is 2.19. The summed E-state index contributed by atoms with van der Waals surface area (Å²) < 4.78 is 12.2. The van der Waals surface area contributed by atoms with Gasteiger partial charge in [0, 0.05) is 7.05 Å². The van der Waals surface area contributed by atoms with Crippen LogP contribution in [-0.4, -0.2) is 24.0 Å². The van der Waals surface area contributed by atoms with Crippen molar-refractivity contribution < 1.29 is 9.47 Å². The minimum absolute atomic E-state index is 0.303. The lowest BCUT2D eigenvalue weighted by atomic mass is 10.0. The Morgan fingerprint density at radius 2 is 2.06 bits per heavy atom. The number of hydrogen-bond acceptors (Lipinski definition) is 4. The molecule has 1 unspecified atom stereocenters. The highest BCUT2D eigenvalue weighted by Crippen LogP contribution is 2.29. The van der Waals surface area contributed by atoms with E-state index < -0.39 is 0 Å². The summed E-state index contributed by atoms with van der Waals surface area (Å²) in [7, 11) is 5.09. The molecule has 0 amide bonds. The Kier molecular flexibility index (Phi) is 3.53. The van der Waals surface area contributed by atoms with Gasteiger partial charge in [0.25, 0.3) is 0 Å². The van der Waals surface area contributed by atoms with Crippen molar-refractivity contribution in [3.63, 3.8) is 0 Å². The van der Waals surface area contributed by atoms with Gasteiger partial charge in [0.15, 0.2) is 5.75 Å². The molecule has 1 heterocycles. The Labute approximate surface area is 106 Å². The Morgan fingerprint density at radius 1 is 1.28 bits per heavy atom. The van der Waals surface area contributed by atoms with Gasteiger partial charge in [-0.3, -0.25) is 4.68 Å². The van der Waals surface area contributed by atoms with Crippen LogP contribution in [0.1, 0.15) is 17.3 Å². The van der Waals surface area contributed by atoms with E-state index in [2.05, 4.69) is 5.10 Å². The quantitative estimate of drug-likeness (QED) is 0.889. The van der Waals surface area contributed by atoms with Crippen LogP contribution in [0.5, 0.6) is 11.5 Å². The first-order chi connectivity index (χ1) is 8.67. The van der Waals surface area contributed by atoms with Crippen molar-refractivity contribution in [2.24, 2.45) is 12.8 Å². The van der Waals surface area contributed by atoms with Crippen LogP contribution in [-0.2, 0) is 7.05 Å². The lowest BCUT2D eigenvalue weighted by Crippen LogP contribution is -2.16. The largest absolute Gasteiger partial charge is 0.497 e. The second-order valence-corrected chi connectivity index (χ2v) is 3.98. The van der Waals surface area contributed by atoms with E-state index in [1.54, 1.807) is 25.1 Å². The maximum absolute atomic E-state index is 6.27. The molecule has 2 N–H and O–H groups in total. The SMILES string of the molecule is COc1cccc(C(N)c2c(OC)cnn2C)c1. The summed E-state index contributed by atoms with van der Waals surface area (Å²) >= 11 is 0. The van der Waals surface area contributed by atoms with Crippen molar-refractivity contribution in [2.75, 3.05) is 14.2 Å². The van der Waals surface area contributed by atoms with Gasteiger partial charge in [-0.1, -0.05) is 12.1 Å². The van der Waals surface area contributed by atoms with Gasteiger partial charge in [-0.2, -0.15) is 5.10 Å². The molecule has 1 aromatic heterocycles. The summed E-state index contributed by atoms with van der Waals surface area (Å²) in [5.74, 6) is 1.47. The zero-order valence-corrected chi connectivity index (χ0v) is 10.8. The van der Waals surface area contributed by atoms with Crippen molar-refractivity contribution >= 4 is 0 Å². The zero-order valence-electron chi connectivity index (χ0n) is 10.8. The van der Waals surface area contributed by atoms with Gasteiger partial charge in [0.05, 0.1) is 26.5 Å². The average molecular weight is 247 g/mol. The first-order valence-electron chi connectivity index (χ1n) is 5.62. The van der Waals surface area contributed by atoms with Gasteiger partial charge in [0.2, 0.25) is 0 Å². The maximum atomic E-state index is 6.27. The second kappa shape index (κ2) is 5.10. The molecule has 2 rings (SSSR count). The lowest BCUT2D eigenvalue weighted by Gasteiger charge is -2.15. The number of methoxy groups -OCH3 is 2. The van der Waals surface area contributed by atoms with Crippen LogP contribution in [0.25, 0.3) is 0 Å². The van der Waals surface area contributed by atoms with Crippen molar-refractivity contribution in [1.29, 1.82) is 0 Å². The number of nitrogens with zero attached hydrogens (tertiary/aromatic N) is 2. The number of nitrogens with two attached hydrogens (primary N) is 1. The summed E-state index contributed by atoms with van der Waals surface area (Å²) in [4.78, 5) is 0. The maximum Gasteiger partial charge on any atom is 0.161 e. The Bertz CT molecular complexity index is 537. The van der Waals surface area contributed by atoms with E-state index in [0.29, 0.717) is 5.75 Å². The molecule has 2 aromatic rings. The monoisotopic (exact) mass is 247 g/mol. The predicted octanol–water partition coefficient (Wildman–Crippen LogP) is 1.49. The third kappa shape index (κ3) is 2.17. The third-order valence-electron chi connectivity index (χ3n) is 2.92. The molecule has 1 atom stereocenters. The van der Waals surface area contributed by atoms with Crippen LogP contribution >= 0.6 is 0 Å². The van der Waals surface area contributed by atoms with Gasteiger partial charge in [-0.15, -0.1) is 0 Å². The van der Waals surface area contributed by atoms with Crippen molar-refractivity contribution in [2.45, 2.75) is 6.04 Å². The summed E-state index contributed by atoms with van der Waals surface area (Å²) in [5, 5.41) is 4.16. The molecule has 0 saturated carbocycles. The van der Waals surface area contributed by atoms with Crippen LogP contribution in [0.4, 0.5) is 0 Å². The molecule has 0 aliphatic carbocycles. The molecule has 0 saturated heterocycles. The summed E-state index contributed by atoms with van der Waals surface area (Å²) in [6, 6.07) is 7.37. The first kappa shape index (κ1) is 12.4. The molecule has 0 fully saturated rings. The van der Waals surface area contributed by atoms with E-state index >= 15 is 0 Å². The van der Waals surface area contributed by atoms with Gasteiger partial charge in [0.1, 0.15) is 11.4 Å². The normalized spacial score (nSPS) is 12.2. The van der Waals surface area contributed by atoms with E-state index in [-0.39, 0.29) is 6.04 Å². The van der Waals surface area contributed by atoms with E-state index in [1.807, 2.05) is 31.3 Å². The number of hydrogen-bond donors (Lipinski definition) is 1. The molecule has 0 aliphatic heterocycles. The first-order valence-corrected chi connectivity index (χ1v) is 5.62. The van der Waals surface area contributed by atoms with Crippen LogP contribution in [0.15, 0.2) is 30.5 Å².